The number of hydrogen-bond donors (Lipinski definition) is 1. The van der Waals surface area contributed by atoms with E-state index >= 15 is 0 Å². The minimum Gasteiger partial charge on any atom is -0.483 e. The highest BCUT2D eigenvalue weighted by Gasteiger charge is 2.24. The zero-order chi connectivity index (χ0) is 16.3. The van der Waals surface area contributed by atoms with Crippen LogP contribution in [0.5, 0.6) is 5.75 Å². The first-order chi connectivity index (χ1) is 10.4. The van der Waals surface area contributed by atoms with Gasteiger partial charge in [0.25, 0.3) is 0 Å². The number of nitrogens with two attached hydrogens (primary N) is 1. The third-order valence-electron chi connectivity index (χ3n) is 2.77. The fourth-order valence-corrected chi connectivity index (χ4v) is 3.72. The molecule has 0 atom stereocenters. The van der Waals surface area contributed by atoms with Gasteiger partial charge in [-0.1, -0.05) is 12.1 Å². The number of thiophene rings is 1. The van der Waals surface area contributed by atoms with E-state index in [-0.39, 0.29) is 12.4 Å². The minimum atomic E-state index is -0.508. The Kier molecular flexibility index (Phi) is 5.20. The van der Waals surface area contributed by atoms with Crippen molar-refractivity contribution in [1.82, 2.24) is 0 Å². The molecule has 0 saturated carbocycles. The lowest BCUT2D eigenvalue weighted by Crippen LogP contribution is -2.09. The van der Waals surface area contributed by atoms with Crippen LogP contribution in [0.25, 0.3) is 10.4 Å². The van der Waals surface area contributed by atoms with Crippen LogP contribution >= 0.6 is 27.3 Å². The van der Waals surface area contributed by atoms with Crippen LogP contribution in [0.15, 0.2) is 28.7 Å². The first kappa shape index (κ1) is 16.5. The maximum absolute atomic E-state index is 11.9. The van der Waals surface area contributed by atoms with Crippen LogP contribution in [0.1, 0.15) is 16.6 Å². The Morgan fingerprint density at radius 2 is 1.91 bits per heavy atom. The topological polar surface area (TPSA) is 78.6 Å². The number of benzene rings is 1. The number of ketones is 1. The summed E-state index contributed by atoms with van der Waals surface area (Å²) in [5, 5.41) is 0. The van der Waals surface area contributed by atoms with Gasteiger partial charge in [0.15, 0.2) is 16.4 Å². The zero-order valence-corrected chi connectivity index (χ0v) is 14.4. The van der Waals surface area contributed by atoms with Gasteiger partial charge < -0.3 is 15.2 Å². The monoisotopic (exact) mass is 383 g/mol. The van der Waals surface area contributed by atoms with Crippen molar-refractivity contribution in [3.05, 3.63) is 33.6 Å². The fourth-order valence-electron chi connectivity index (χ4n) is 1.75. The van der Waals surface area contributed by atoms with Gasteiger partial charge in [0.05, 0.1) is 16.5 Å². The first-order valence-corrected chi connectivity index (χ1v) is 7.93. The standard InChI is InChI=1S/C15H14BrNO4S/c1-8(18)7-21-12-11(16)13(22-14(12)15(19)20-2)9-3-5-10(17)6-4-9/h3-6H,7,17H2,1-2H3. The maximum atomic E-state index is 11.9. The van der Waals surface area contributed by atoms with Crippen LogP contribution in [-0.4, -0.2) is 25.5 Å². The second kappa shape index (κ2) is 6.93. The quantitative estimate of drug-likeness (QED) is 0.631. The third kappa shape index (κ3) is 3.48. The van der Waals surface area contributed by atoms with E-state index in [1.54, 1.807) is 12.1 Å². The lowest BCUT2D eigenvalue weighted by molar-refractivity contribution is -0.118. The van der Waals surface area contributed by atoms with Gasteiger partial charge in [-0.15, -0.1) is 11.3 Å². The van der Waals surface area contributed by atoms with Crippen LogP contribution in [-0.2, 0) is 9.53 Å². The van der Waals surface area contributed by atoms with E-state index in [4.69, 9.17) is 15.2 Å². The molecule has 0 aliphatic rings. The molecule has 0 unspecified atom stereocenters. The highest BCUT2D eigenvalue weighted by molar-refractivity contribution is 9.10. The Morgan fingerprint density at radius 3 is 2.45 bits per heavy atom. The van der Waals surface area contributed by atoms with E-state index < -0.39 is 5.97 Å². The first-order valence-electron chi connectivity index (χ1n) is 6.32. The molecule has 2 rings (SSSR count). The summed E-state index contributed by atoms with van der Waals surface area (Å²) < 4.78 is 10.9. The Balaban J connectivity index is 2.49. The van der Waals surface area contributed by atoms with E-state index in [9.17, 15) is 9.59 Å². The Labute approximate surface area is 140 Å². The number of Topliss-reactive ketones (excluding diaryl/α,β-unsaturated/α-hetero) is 1. The summed E-state index contributed by atoms with van der Waals surface area (Å²) in [6.45, 7) is 1.31. The molecule has 0 fully saturated rings. The molecule has 2 aromatic rings. The maximum Gasteiger partial charge on any atom is 0.351 e. The largest absolute Gasteiger partial charge is 0.483 e. The molecule has 1 aromatic carbocycles. The molecule has 0 bridgehead atoms. The van der Waals surface area contributed by atoms with E-state index in [2.05, 4.69) is 15.9 Å². The van der Waals surface area contributed by atoms with Crippen molar-refractivity contribution in [2.24, 2.45) is 0 Å². The summed E-state index contributed by atoms with van der Waals surface area (Å²) in [5.41, 5.74) is 7.22. The SMILES string of the molecule is COC(=O)c1sc(-c2ccc(N)cc2)c(Br)c1OCC(C)=O. The molecule has 7 heteroatoms. The zero-order valence-electron chi connectivity index (χ0n) is 12.0. The Morgan fingerprint density at radius 1 is 1.27 bits per heavy atom. The van der Waals surface area contributed by atoms with Gasteiger partial charge in [-0.25, -0.2) is 4.79 Å². The Bertz CT molecular complexity index is 709. The average molecular weight is 384 g/mol. The molecule has 0 aliphatic heterocycles. The van der Waals surface area contributed by atoms with Crippen molar-refractivity contribution >= 4 is 44.7 Å². The molecule has 0 saturated heterocycles. The summed E-state index contributed by atoms with van der Waals surface area (Å²) in [6.07, 6.45) is 0. The number of ether oxygens (including phenoxy) is 2. The number of nitrogen functional groups attached to an aromatic ring is 1. The van der Waals surface area contributed by atoms with Crippen molar-refractivity contribution in [1.29, 1.82) is 0 Å². The summed E-state index contributed by atoms with van der Waals surface area (Å²) in [5.74, 6) is -0.326. The highest BCUT2D eigenvalue weighted by Crippen LogP contribution is 2.45. The van der Waals surface area contributed by atoms with E-state index in [1.807, 2.05) is 12.1 Å². The van der Waals surface area contributed by atoms with Gasteiger partial charge >= 0.3 is 5.97 Å². The molecule has 0 spiro atoms. The van der Waals surface area contributed by atoms with Gasteiger partial charge in [-0.2, -0.15) is 0 Å². The van der Waals surface area contributed by atoms with Crippen molar-refractivity contribution in [3.8, 4) is 16.2 Å². The summed E-state index contributed by atoms with van der Waals surface area (Å²) in [6, 6.07) is 7.24. The average Bonchev–Trinajstić information content (AvgIpc) is 2.82. The Hall–Kier alpha value is -1.86. The van der Waals surface area contributed by atoms with Crippen LogP contribution in [0.2, 0.25) is 0 Å². The molecular formula is C15H14BrNO4S. The number of carbonyl (C=O) groups is 2. The molecule has 5 nitrogen and oxygen atoms in total. The second-order valence-electron chi connectivity index (χ2n) is 4.51. The van der Waals surface area contributed by atoms with Crippen LogP contribution in [0, 0.1) is 0 Å². The number of halogens is 1. The summed E-state index contributed by atoms with van der Waals surface area (Å²) >= 11 is 4.67. The van der Waals surface area contributed by atoms with Crippen molar-refractivity contribution < 1.29 is 19.1 Å². The van der Waals surface area contributed by atoms with Gasteiger partial charge in [0.1, 0.15) is 6.61 Å². The van der Waals surface area contributed by atoms with Crippen molar-refractivity contribution in [2.45, 2.75) is 6.92 Å². The highest BCUT2D eigenvalue weighted by atomic mass is 79.9. The molecule has 0 aliphatic carbocycles. The van der Waals surface area contributed by atoms with Gasteiger partial charge in [0, 0.05) is 5.69 Å². The number of carbonyl (C=O) groups excluding carboxylic acids is 2. The van der Waals surface area contributed by atoms with Crippen molar-refractivity contribution in [3.63, 3.8) is 0 Å². The number of methoxy groups -OCH3 is 1. The molecule has 0 amide bonds. The van der Waals surface area contributed by atoms with Crippen LogP contribution < -0.4 is 10.5 Å². The molecule has 0 radical (unpaired) electrons. The lowest BCUT2D eigenvalue weighted by atomic mass is 10.2. The predicted octanol–water partition coefficient (Wildman–Crippen LogP) is 3.51. The van der Waals surface area contributed by atoms with Crippen LogP contribution in [0.4, 0.5) is 5.69 Å². The normalized spacial score (nSPS) is 10.3. The molecule has 116 valence electrons. The molecule has 2 N–H and O–H groups in total. The summed E-state index contributed by atoms with van der Waals surface area (Å²) in [4.78, 5) is 24.2. The smallest absolute Gasteiger partial charge is 0.351 e. The lowest BCUT2D eigenvalue weighted by Gasteiger charge is -2.05. The number of hydrogen-bond acceptors (Lipinski definition) is 6. The fraction of sp³-hybridized carbons (Fsp3) is 0.200. The predicted molar refractivity (Wildman–Crippen MR) is 89.4 cm³/mol. The number of rotatable bonds is 5. The van der Waals surface area contributed by atoms with Gasteiger partial charge in [-0.05, 0) is 40.5 Å². The molecule has 22 heavy (non-hydrogen) atoms. The molecule has 1 aromatic heterocycles. The summed E-state index contributed by atoms with van der Waals surface area (Å²) in [7, 11) is 1.30. The second-order valence-corrected chi connectivity index (χ2v) is 6.32. The van der Waals surface area contributed by atoms with Gasteiger partial charge in [-0.3, -0.25) is 4.79 Å². The molecule has 1 heterocycles. The van der Waals surface area contributed by atoms with E-state index in [1.165, 1.54) is 25.4 Å². The van der Waals surface area contributed by atoms with Gasteiger partial charge in [0.2, 0.25) is 0 Å². The number of esters is 1. The third-order valence-corrected chi connectivity index (χ3v) is 4.99. The van der Waals surface area contributed by atoms with E-state index in [0.717, 1.165) is 10.4 Å². The molecular weight excluding hydrogens is 370 g/mol. The van der Waals surface area contributed by atoms with Crippen LogP contribution in [0.3, 0.4) is 0 Å². The minimum absolute atomic E-state index is 0.111. The van der Waals surface area contributed by atoms with Crippen molar-refractivity contribution in [2.75, 3.05) is 19.5 Å². The van der Waals surface area contributed by atoms with E-state index in [0.29, 0.717) is 20.8 Å². The number of anilines is 1.